The number of hydrogen-bond donors (Lipinski definition) is 2. The Balaban J connectivity index is 2.10. The van der Waals surface area contributed by atoms with Crippen LogP contribution in [0, 0.1) is 5.92 Å². The van der Waals surface area contributed by atoms with Gasteiger partial charge in [0.05, 0.1) is 0 Å². The summed E-state index contributed by atoms with van der Waals surface area (Å²) in [4.78, 5) is 0. The number of anilines is 1. The van der Waals surface area contributed by atoms with Crippen LogP contribution in [-0.2, 0) is 0 Å². The van der Waals surface area contributed by atoms with Gasteiger partial charge in [0.25, 0.3) is 0 Å². The minimum atomic E-state index is 0.297. The Hall–Kier alpha value is -1.02. The van der Waals surface area contributed by atoms with Crippen molar-refractivity contribution < 1.29 is 5.11 Å². The van der Waals surface area contributed by atoms with Gasteiger partial charge < -0.3 is 10.4 Å². The van der Waals surface area contributed by atoms with Crippen LogP contribution in [0.3, 0.4) is 0 Å². The minimum Gasteiger partial charge on any atom is -0.396 e. The van der Waals surface area contributed by atoms with Gasteiger partial charge in [-0.15, -0.1) is 0 Å². The number of hydrogen-bond acceptors (Lipinski definition) is 2. The van der Waals surface area contributed by atoms with E-state index in [9.17, 15) is 0 Å². The second kappa shape index (κ2) is 6.44. The summed E-state index contributed by atoms with van der Waals surface area (Å²) in [6.07, 6.45) is 2.19. The molecule has 0 amide bonds. The fourth-order valence-electron chi connectivity index (χ4n) is 1.33. The van der Waals surface area contributed by atoms with Crippen molar-refractivity contribution in [1.82, 2.24) is 0 Å². The fraction of sp³-hybridized carbons (Fsp3) is 0.500. The van der Waals surface area contributed by atoms with Crippen LogP contribution in [0.25, 0.3) is 0 Å². The van der Waals surface area contributed by atoms with Crippen molar-refractivity contribution in [3.8, 4) is 0 Å². The van der Waals surface area contributed by atoms with Gasteiger partial charge >= 0.3 is 0 Å². The first-order chi connectivity index (χ1) is 6.83. The molecule has 2 nitrogen and oxygen atoms in total. The van der Waals surface area contributed by atoms with Crippen molar-refractivity contribution in [3.05, 3.63) is 30.3 Å². The zero-order valence-electron chi connectivity index (χ0n) is 8.74. The number of para-hydroxylation sites is 1. The SMILES string of the molecule is CC(CO)CCCNc1ccccc1. The van der Waals surface area contributed by atoms with Crippen molar-refractivity contribution in [3.63, 3.8) is 0 Å². The van der Waals surface area contributed by atoms with Crippen molar-refractivity contribution in [2.75, 3.05) is 18.5 Å². The highest BCUT2D eigenvalue weighted by Crippen LogP contribution is 2.07. The minimum absolute atomic E-state index is 0.297. The Labute approximate surface area is 86.0 Å². The van der Waals surface area contributed by atoms with Gasteiger partial charge in [-0.3, -0.25) is 0 Å². The first-order valence-electron chi connectivity index (χ1n) is 5.22. The third kappa shape index (κ3) is 4.28. The summed E-state index contributed by atoms with van der Waals surface area (Å²) in [6, 6.07) is 10.2. The van der Waals surface area contributed by atoms with Gasteiger partial charge in [-0.25, -0.2) is 0 Å². The molecule has 2 heteroatoms. The average Bonchev–Trinajstić information content (AvgIpc) is 2.25. The number of nitrogens with one attached hydrogen (secondary N) is 1. The molecule has 1 aromatic rings. The maximum Gasteiger partial charge on any atom is 0.0456 e. The molecule has 78 valence electrons. The van der Waals surface area contributed by atoms with Gasteiger partial charge in [-0.2, -0.15) is 0 Å². The number of aliphatic hydroxyl groups is 1. The van der Waals surface area contributed by atoms with Crippen LogP contribution in [0.15, 0.2) is 30.3 Å². The van der Waals surface area contributed by atoms with E-state index < -0.39 is 0 Å². The lowest BCUT2D eigenvalue weighted by atomic mass is 10.1. The van der Waals surface area contributed by atoms with E-state index in [1.807, 2.05) is 18.2 Å². The molecule has 2 N–H and O–H groups in total. The van der Waals surface area contributed by atoms with E-state index in [1.165, 1.54) is 5.69 Å². The molecule has 1 aromatic carbocycles. The molecule has 1 atom stereocenters. The van der Waals surface area contributed by atoms with Crippen LogP contribution in [0.2, 0.25) is 0 Å². The highest BCUT2D eigenvalue weighted by molar-refractivity contribution is 5.42. The third-order valence-electron chi connectivity index (χ3n) is 2.29. The molecule has 0 radical (unpaired) electrons. The largest absolute Gasteiger partial charge is 0.396 e. The van der Waals surface area contributed by atoms with Crippen molar-refractivity contribution >= 4 is 5.69 Å². The molecule has 1 rings (SSSR count). The molecule has 0 saturated carbocycles. The van der Waals surface area contributed by atoms with Crippen LogP contribution in [-0.4, -0.2) is 18.3 Å². The van der Waals surface area contributed by atoms with E-state index in [-0.39, 0.29) is 0 Å². The van der Waals surface area contributed by atoms with Gasteiger partial charge in [0.15, 0.2) is 0 Å². The molecule has 0 bridgehead atoms. The van der Waals surface area contributed by atoms with Crippen LogP contribution in [0.1, 0.15) is 19.8 Å². The van der Waals surface area contributed by atoms with Crippen LogP contribution < -0.4 is 5.32 Å². The summed E-state index contributed by atoms with van der Waals surface area (Å²) in [7, 11) is 0. The molecular formula is C12H19NO. The first-order valence-corrected chi connectivity index (χ1v) is 5.22. The molecule has 0 aliphatic carbocycles. The number of aliphatic hydroxyl groups excluding tert-OH is 1. The predicted molar refractivity (Wildman–Crippen MR) is 60.4 cm³/mol. The lowest BCUT2D eigenvalue weighted by Crippen LogP contribution is -2.06. The van der Waals surface area contributed by atoms with Crippen LogP contribution in [0.4, 0.5) is 5.69 Å². The normalized spacial score (nSPS) is 12.4. The summed E-state index contributed by atoms with van der Waals surface area (Å²) in [5.41, 5.74) is 1.17. The zero-order valence-corrected chi connectivity index (χ0v) is 8.74. The van der Waals surface area contributed by atoms with E-state index in [0.29, 0.717) is 12.5 Å². The second-order valence-electron chi connectivity index (χ2n) is 3.72. The van der Waals surface area contributed by atoms with Gasteiger partial charge in [0, 0.05) is 18.8 Å². The second-order valence-corrected chi connectivity index (χ2v) is 3.72. The van der Waals surface area contributed by atoms with Gasteiger partial charge in [-0.05, 0) is 30.9 Å². The van der Waals surface area contributed by atoms with Crippen molar-refractivity contribution in [2.24, 2.45) is 5.92 Å². The Morgan fingerprint density at radius 2 is 2.00 bits per heavy atom. The standard InChI is InChI=1S/C12H19NO/c1-11(10-14)6-5-9-13-12-7-3-2-4-8-12/h2-4,7-8,11,13-14H,5-6,9-10H2,1H3. The quantitative estimate of drug-likeness (QED) is 0.680. The number of rotatable bonds is 6. The molecule has 14 heavy (non-hydrogen) atoms. The van der Waals surface area contributed by atoms with Gasteiger partial charge in [-0.1, -0.05) is 25.1 Å². The summed E-state index contributed by atoms with van der Waals surface area (Å²) in [5, 5.41) is 12.2. The molecular weight excluding hydrogens is 174 g/mol. The van der Waals surface area contributed by atoms with Crippen LogP contribution >= 0.6 is 0 Å². The Bertz CT molecular complexity index is 235. The molecule has 1 unspecified atom stereocenters. The first kappa shape index (κ1) is 11.1. The molecule has 0 spiro atoms. The molecule has 0 aliphatic rings. The summed E-state index contributed by atoms with van der Waals surface area (Å²) in [5.74, 6) is 0.424. The monoisotopic (exact) mass is 193 g/mol. The average molecular weight is 193 g/mol. The Kier molecular flexibility index (Phi) is 5.08. The zero-order chi connectivity index (χ0) is 10.2. The van der Waals surface area contributed by atoms with E-state index in [1.54, 1.807) is 0 Å². The molecule has 0 aliphatic heterocycles. The lowest BCUT2D eigenvalue weighted by Gasteiger charge is -2.08. The maximum atomic E-state index is 8.83. The Morgan fingerprint density at radius 3 is 2.64 bits per heavy atom. The lowest BCUT2D eigenvalue weighted by molar-refractivity contribution is 0.229. The van der Waals surface area contributed by atoms with Crippen molar-refractivity contribution in [2.45, 2.75) is 19.8 Å². The Morgan fingerprint density at radius 1 is 1.29 bits per heavy atom. The fourth-order valence-corrected chi connectivity index (χ4v) is 1.33. The molecule has 0 saturated heterocycles. The summed E-state index contributed by atoms with van der Waals surface area (Å²) < 4.78 is 0. The summed E-state index contributed by atoms with van der Waals surface area (Å²) >= 11 is 0. The number of benzene rings is 1. The molecule has 0 aromatic heterocycles. The van der Waals surface area contributed by atoms with Crippen LogP contribution in [0.5, 0.6) is 0 Å². The van der Waals surface area contributed by atoms with Crippen molar-refractivity contribution in [1.29, 1.82) is 0 Å². The predicted octanol–water partition coefficient (Wildman–Crippen LogP) is 2.51. The third-order valence-corrected chi connectivity index (χ3v) is 2.29. The molecule has 0 fully saturated rings. The smallest absolute Gasteiger partial charge is 0.0456 e. The van der Waals surface area contributed by atoms with Gasteiger partial charge in [0.2, 0.25) is 0 Å². The van der Waals surface area contributed by atoms with E-state index in [4.69, 9.17) is 5.11 Å². The van der Waals surface area contributed by atoms with E-state index in [2.05, 4.69) is 24.4 Å². The highest BCUT2D eigenvalue weighted by Gasteiger charge is 1.98. The molecule has 0 heterocycles. The topological polar surface area (TPSA) is 32.3 Å². The maximum absolute atomic E-state index is 8.83. The summed E-state index contributed by atoms with van der Waals surface area (Å²) in [6.45, 7) is 3.35. The van der Waals surface area contributed by atoms with Gasteiger partial charge in [0.1, 0.15) is 0 Å². The van der Waals surface area contributed by atoms with E-state index in [0.717, 1.165) is 19.4 Å². The van der Waals surface area contributed by atoms with E-state index >= 15 is 0 Å². The highest BCUT2D eigenvalue weighted by atomic mass is 16.3.